The quantitative estimate of drug-likeness (QED) is 0.465. The van der Waals surface area contributed by atoms with Gasteiger partial charge in [0.1, 0.15) is 0 Å². The third-order valence-corrected chi connectivity index (χ3v) is 7.38. The van der Waals surface area contributed by atoms with E-state index in [1.165, 1.54) is 17.0 Å². The molecule has 2 saturated heterocycles. The van der Waals surface area contributed by atoms with Crippen molar-refractivity contribution in [2.75, 3.05) is 13.2 Å². The van der Waals surface area contributed by atoms with Crippen LogP contribution in [0.15, 0.2) is 59.2 Å². The van der Waals surface area contributed by atoms with Crippen LogP contribution >= 0.6 is 28.1 Å². The minimum Gasteiger partial charge on any atom is -0.376 e. The minimum atomic E-state index is -0.0102. The second-order valence-corrected chi connectivity index (χ2v) is 9.85. The number of nitrogens with one attached hydrogen (secondary N) is 1. The van der Waals surface area contributed by atoms with E-state index in [0.29, 0.717) is 0 Å². The van der Waals surface area contributed by atoms with Crippen molar-refractivity contribution in [3.63, 3.8) is 0 Å². The maximum atomic E-state index is 5.97. The lowest BCUT2D eigenvalue weighted by Crippen LogP contribution is -2.36. The highest BCUT2D eigenvalue weighted by Gasteiger charge is 2.42. The molecule has 0 amide bonds. The lowest BCUT2D eigenvalue weighted by Gasteiger charge is -2.30. The van der Waals surface area contributed by atoms with Crippen molar-refractivity contribution in [1.29, 1.82) is 0 Å². The van der Waals surface area contributed by atoms with E-state index in [1.807, 2.05) is 18.3 Å². The van der Waals surface area contributed by atoms with E-state index in [9.17, 15) is 0 Å². The number of aryl methyl sites for hydroxylation is 1. The number of pyridine rings is 1. The first-order valence-corrected chi connectivity index (χ1v) is 12.3. The molecule has 166 valence electrons. The fourth-order valence-corrected chi connectivity index (χ4v) is 5.60. The Morgan fingerprint density at radius 2 is 2.00 bits per heavy atom. The lowest BCUT2D eigenvalue weighted by atomic mass is 9.96. The van der Waals surface area contributed by atoms with E-state index >= 15 is 0 Å². The van der Waals surface area contributed by atoms with Gasteiger partial charge in [-0.1, -0.05) is 22.0 Å². The smallest absolute Gasteiger partial charge is 0.170 e. The molecule has 5 nitrogen and oxygen atoms in total. The Morgan fingerprint density at radius 1 is 1.19 bits per heavy atom. The van der Waals surface area contributed by atoms with Crippen LogP contribution in [0.1, 0.15) is 47.6 Å². The van der Waals surface area contributed by atoms with Gasteiger partial charge < -0.3 is 19.5 Å². The molecule has 3 atom stereocenters. The molecule has 3 aromatic rings. The number of rotatable bonds is 5. The zero-order valence-corrected chi connectivity index (χ0v) is 20.7. The summed E-state index contributed by atoms with van der Waals surface area (Å²) in [6.45, 7) is 6.00. The summed E-state index contributed by atoms with van der Waals surface area (Å²) in [7, 11) is 0. The molecule has 7 heteroatoms. The molecule has 32 heavy (non-hydrogen) atoms. The molecular weight excluding hydrogens is 484 g/mol. The summed E-state index contributed by atoms with van der Waals surface area (Å²) in [6, 6.07) is 16.9. The van der Waals surface area contributed by atoms with Crippen LogP contribution in [0.25, 0.3) is 5.69 Å². The predicted octanol–water partition coefficient (Wildman–Crippen LogP) is 5.40. The van der Waals surface area contributed by atoms with Gasteiger partial charge in [-0.2, -0.15) is 0 Å². The molecule has 0 radical (unpaired) electrons. The van der Waals surface area contributed by atoms with Crippen LogP contribution in [0.3, 0.4) is 0 Å². The van der Waals surface area contributed by atoms with Gasteiger partial charge in [0.15, 0.2) is 5.11 Å². The highest BCUT2D eigenvalue weighted by atomic mass is 79.9. The third-order valence-electron chi connectivity index (χ3n) is 6.50. The predicted molar refractivity (Wildman–Crippen MR) is 134 cm³/mol. The maximum absolute atomic E-state index is 5.97. The van der Waals surface area contributed by atoms with Crippen molar-refractivity contribution in [3.05, 3.63) is 81.8 Å². The Bertz CT molecular complexity index is 1110. The number of nitrogens with zero attached hydrogens (tertiary/aromatic N) is 3. The first-order chi connectivity index (χ1) is 15.5. The van der Waals surface area contributed by atoms with Crippen LogP contribution in [0, 0.1) is 13.8 Å². The summed E-state index contributed by atoms with van der Waals surface area (Å²) in [6.07, 6.45) is 4.27. The molecule has 0 unspecified atom stereocenters. The molecule has 0 aliphatic carbocycles. The molecule has 2 fully saturated rings. The molecule has 5 rings (SSSR count). The largest absolute Gasteiger partial charge is 0.376 e. The van der Waals surface area contributed by atoms with Gasteiger partial charge in [0.2, 0.25) is 0 Å². The van der Waals surface area contributed by atoms with Gasteiger partial charge >= 0.3 is 0 Å². The van der Waals surface area contributed by atoms with E-state index in [1.54, 1.807) is 0 Å². The third kappa shape index (κ3) is 3.98. The van der Waals surface area contributed by atoms with E-state index < -0.39 is 0 Å². The monoisotopic (exact) mass is 510 g/mol. The van der Waals surface area contributed by atoms with Crippen molar-refractivity contribution in [1.82, 2.24) is 19.8 Å². The van der Waals surface area contributed by atoms with Gasteiger partial charge in [0.05, 0.1) is 23.9 Å². The lowest BCUT2D eigenvalue weighted by molar-refractivity contribution is 0.0842. The summed E-state index contributed by atoms with van der Waals surface area (Å²) >= 11 is 9.39. The zero-order valence-electron chi connectivity index (χ0n) is 18.3. The van der Waals surface area contributed by atoms with Crippen molar-refractivity contribution >= 4 is 33.3 Å². The van der Waals surface area contributed by atoms with E-state index in [4.69, 9.17) is 17.0 Å². The zero-order chi connectivity index (χ0) is 22.2. The summed E-state index contributed by atoms with van der Waals surface area (Å²) in [5.74, 6) is 0. The summed E-state index contributed by atoms with van der Waals surface area (Å²) < 4.78 is 9.37. The molecule has 0 bridgehead atoms. The highest BCUT2D eigenvalue weighted by molar-refractivity contribution is 9.10. The van der Waals surface area contributed by atoms with Gasteiger partial charge in [-0.25, -0.2) is 0 Å². The van der Waals surface area contributed by atoms with Gasteiger partial charge in [0, 0.05) is 40.9 Å². The Morgan fingerprint density at radius 3 is 2.69 bits per heavy atom. The topological polar surface area (TPSA) is 42.3 Å². The number of hydrogen-bond acceptors (Lipinski definition) is 3. The van der Waals surface area contributed by atoms with Gasteiger partial charge in [-0.15, -0.1) is 0 Å². The molecule has 2 aromatic heterocycles. The molecule has 1 aromatic carbocycles. The van der Waals surface area contributed by atoms with Crippen LogP contribution in [0.4, 0.5) is 0 Å². The first kappa shape index (κ1) is 21.6. The summed E-state index contributed by atoms with van der Waals surface area (Å²) in [4.78, 5) is 6.99. The molecule has 0 spiro atoms. The molecule has 2 aliphatic rings. The molecule has 2 aliphatic heterocycles. The molecule has 0 saturated carbocycles. The standard InChI is InChI=1S/C25H27BrN4OS/c1-16-14-21(17(2)30(16)19-10-8-18(26)9-11-19)24-23(22-7-3-4-12-27-22)28-25(32)29(24)15-20-6-5-13-31-20/h3-4,7-12,14,20,23-24H,5-6,13,15H2,1-2H3,(H,28,32)/t20-,23+,24-/m0/s1. The van der Waals surface area contributed by atoms with Crippen LogP contribution in [0.5, 0.6) is 0 Å². The Labute approximate surface area is 202 Å². The van der Waals surface area contributed by atoms with Crippen LogP contribution in [-0.2, 0) is 4.74 Å². The number of ether oxygens (including phenoxy) is 1. The van der Waals surface area contributed by atoms with Crippen LogP contribution < -0.4 is 5.32 Å². The SMILES string of the molecule is Cc1cc([C@H]2[C@@H](c3ccccn3)NC(=S)N2C[C@@H]2CCCO2)c(C)n1-c1ccc(Br)cc1. The Hall–Kier alpha value is -2.22. The normalized spacial score (nSPS) is 23.0. The first-order valence-electron chi connectivity index (χ1n) is 11.1. The number of benzene rings is 1. The molecular formula is C25H27BrN4OS. The van der Waals surface area contributed by atoms with Crippen LogP contribution in [0.2, 0.25) is 0 Å². The van der Waals surface area contributed by atoms with Crippen molar-refractivity contribution < 1.29 is 4.74 Å². The average Bonchev–Trinajstić information content (AvgIpc) is 3.49. The Balaban J connectivity index is 1.58. The second kappa shape index (κ2) is 8.96. The highest BCUT2D eigenvalue weighted by Crippen LogP contribution is 2.42. The summed E-state index contributed by atoms with van der Waals surface area (Å²) in [5.41, 5.74) is 5.85. The van der Waals surface area contributed by atoms with E-state index in [2.05, 4.69) is 85.9 Å². The number of hydrogen-bond donors (Lipinski definition) is 1. The molecule has 1 N–H and O–H groups in total. The number of halogens is 1. The minimum absolute atomic E-state index is 0.0102. The number of thiocarbonyl (C=S) groups is 1. The van der Waals surface area contributed by atoms with Crippen molar-refractivity contribution in [2.24, 2.45) is 0 Å². The average molecular weight is 511 g/mol. The van der Waals surface area contributed by atoms with Crippen molar-refractivity contribution in [3.8, 4) is 5.69 Å². The van der Waals surface area contributed by atoms with Crippen LogP contribution in [-0.4, -0.2) is 38.8 Å². The Kier molecular flexibility index (Phi) is 6.05. The maximum Gasteiger partial charge on any atom is 0.170 e. The fourth-order valence-electron chi connectivity index (χ4n) is 5.02. The number of aromatic nitrogens is 2. The summed E-state index contributed by atoms with van der Waals surface area (Å²) in [5, 5.41) is 4.34. The molecule has 4 heterocycles. The van der Waals surface area contributed by atoms with Gasteiger partial charge in [-0.05, 0) is 86.9 Å². The van der Waals surface area contributed by atoms with Gasteiger partial charge in [0.25, 0.3) is 0 Å². The van der Waals surface area contributed by atoms with Crippen molar-refractivity contribution in [2.45, 2.75) is 44.9 Å². The fraction of sp³-hybridized carbons (Fsp3) is 0.360. The second-order valence-electron chi connectivity index (χ2n) is 8.55. The van der Waals surface area contributed by atoms with E-state index in [0.717, 1.165) is 47.0 Å². The van der Waals surface area contributed by atoms with Gasteiger partial charge in [-0.3, -0.25) is 4.98 Å². The van der Waals surface area contributed by atoms with E-state index in [-0.39, 0.29) is 18.2 Å².